The second-order valence-corrected chi connectivity index (χ2v) is 9.26. The summed E-state index contributed by atoms with van der Waals surface area (Å²) >= 11 is 0. The molecule has 0 aromatic rings. The van der Waals surface area contributed by atoms with Gasteiger partial charge in [0.1, 0.15) is 5.78 Å². The third kappa shape index (κ3) is 1.94. The van der Waals surface area contributed by atoms with Gasteiger partial charge in [0.05, 0.1) is 5.92 Å². The van der Waals surface area contributed by atoms with E-state index in [1.807, 2.05) is 0 Å². The lowest BCUT2D eigenvalue weighted by Crippen LogP contribution is -2.56. The maximum absolute atomic E-state index is 12.9. The maximum atomic E-state index is 12.9. The second-order valence-electron chi connectivity index (χ2n) is 9.26. The Kier molecular flexibility index (Phi) is 3.45. The standard InChI is InChI=1S/C20H30O3/c1-19-11-10-15-13(14(19)8-9-16(19)18(22)23)7-6-12-4-3-5-17(21)20(12,15)2/h12-16H,3-11H2,1-2H3,(H,22,23)/t12?,13-,14-,15+,16?,19-,20-/m0/s1. The van der Waals surface area contributed by atoms with Gasteiger partial charge in [0.2, 0.25) is 0 Å². The van der Waals surface area contributed by atoms with Crippen LogP contribution >= 0.6 is 0 Å². The van der Waals surface area contributed by atoms with Crippen molar-refractivity contribution in [1.82, 2.24) is 0 Å². The predicted octanol–water partition coefficient (Wildman–Crippen LogP) is 4.30. The van der Waals surface area contributed by atoms with Crippen molar-refractivity contribution in [2.45, 2.75) is 71.6 Å². The highest BCUT2D eigenvalue weighted by molar-refractivity contribution is 5.86. The van der Waals surface area contributed by atoms with Crippen LogP contribution in [0.1, 0.15) is 71.6 Å². The Morgan fingerprint density at radius 3 is 2.57 bits per heavy atom. The molecule has 0 aromatic carbocycles. The molecule has 4 aliphatic carbocycles. The molecular formula is C20H30O3. The molecule has 128 valence electrons. The van der Waals surface area contributed by atoms with Gasteiger partial charge in [-0.3, -0.25) is 9.59 Å². The summed E-state index contributed by atoms with van der Waals surface area (Å²) in [6.45, 7) is 4.50. The van der Waals surface area contributed by atoms with Crippen molar-refractivity contribution >= 4 is 11.8 Å². The Hall–Kier alpha value is -0.860. The van der Waals surface area contributed by atoms with Crippen LogP contribution in [-0.2, 0) is 9.59 Å². The van der Waals surface area contributed by atoms with Crippen molar-refractivity contribution in [2.24, 2.45) is 40.4 Å². The minimum absolute atomic E-state index is 0.0338. The molecule has 0 radical (unpaired) electrons. The number of carbonyl (C=O) groups is 2. The van der Waals surface area contributed by atoms with E-state index in [0.29, 0.717) is 29.5 Å². The summed E-state index contributed by atoms with van der Waals surface area (Å²) in [5, 5.41) is 9.64. The molecule has 2 unspecified atom stereocenters. The topological polar surface area (TPSA) is 54.4 Å². The average molecular weight is 318 g/mol. The van der Waals surface area contributed by atoms with E-state index < -0.39 is 5.97 Å². The number of hydrogen-bond acceptors (Lipinski definition) is 2. The SMILES string of the molecule is C[C@]12C(=O)CCCC1CC[C@@H]1[C@H]2CC[C@]2(C)C(C(=O)O)CC[C@@H]12. The van der Waals surface area contributed by atoms with Crippen LogP contribution < -0.4 is 0 Å². The van der Waals surface area contributed by atoms with Crippen LogP contribution in [0.2, 0.25) is 0 Å². The molecule has 3 heteroatoms. The van der Waals surface area contributed by atoms with Crippen molar-refractivity contribution in [3.8, 4) is 0 Å². The molecular weight excluding hydrogens is 288 g/mol. The number of fused-ring (bicyclic) bond motifs is 5. The fraction of sp³-hybridized carbons (Fsp3) is 0.900. The molecule has 4 fully saturated rings. The number of aliphatic carboxylic acids is 1. The molecule has 0 amide bonds. The van der Waals surface area contributed by atoms with Crippen LogP contribution in [0.5, 0.6) is 0 Å². The van der Waals surface area contributed by atoms with Gasteiger partial charge in [0, 0.05) is 11.8 Å². The van der Waals surface area contributed by atoms with Crippen molar-refractivity contribution in [3.05, 3.63) is 0 Å². The molecule has 4 aliphatic rings. The lowest BCUT2D eigenvalue weighted by Gasteiger charge is -2.59. The van der Waals surface area contributed by atoms with Gasteiger partial charge in [-0.05, 0) is 80.5 Å². The zero-order valence-corrected chi connectivity index (χ0v) is 14.5. The van der Waals surface area contributed by atoms with Crippen molar-refractivity contribution < 1.29 is 14.7 Å². The third-order valence-electron chi connectivity index (χ3n) is 8.76. The average Bonchev–Trinajstić information content (AvgIpc) is 2.86. The first kappa shape index (κ1) is 15.7. The van der Waals surface area contributed by atoms with E-state index in [-0.39, 0.29) is 16.7 Å². The van der Waals surface area contributed by atoms with Crippen LogP contribution in [0.4, 0.5) is 0 Å². The number of hydrogen-bond donors (Lipinski definition) is 1. The van der Waals surface area contributed by atoms with Crippen LogP contribution in [0.3, 0.4) is 0 Å². The van der Waals surface area contributed by atoms with Crippen LogP contribution in [0.25, 0.3) is 0 Å². The van der Waals surface area contributed by atoms with E-state index in [9.17, 15) is 14.7 Å². The van der Waals surface area contributed by atoms with E-state index in [1.165, 1.54) is 19.3 Å². The smallest absolute Gasteiger partial charge is 0.307 e. The molecule has 4 saturated carbocycles. The number of ketones is 1. The molecule has 0 spiro atoms. The zero-order chi connectivity index (χ0) is 16.4. The van der Waals surface area contributed by atoms with Gasteiger partial charge in [-0.15, -0.1) is 0 Å². The highest BCUT2D eigenvalue weighted by Gasteiger charge is 2.62. The summed E-state index contributed by atoms with van der Waals surface area (Å²) in [5.41, 5.74) is -0.141. The lowest BCUT2D eigenvalue weighted by molar-refractivity contribution is -0.161. The quantitative estimate of drug-likeness (QED) is 0.784. The molecule has 4 rings (SSSR count). The number of rotatable bonds is 1. The molecule has 0 saturated heterocycles. The van der Waals surface area contributed by atoms with E-state index in [0.717, 1.165) is 38.5 Å². The Balaban J connectivity index is 1.67. The van der Waals surface area contributed by atoms with E-state index in [1.54, 1.807) is 0 Å². The monoisotopic (exact) mass is 318 g/mol. The van der Waals surface area contributed by atoms with Gasteiger partial charge in [0.15, 0.2) is 0 Å². The highest BCUT2D eigenvalue weighted by atomic mass is 16.4. The molecule has 1 N–H and O–H groups in total. The summed E-state index contributed by atoms with van der Waals surface area (Å²) in [6, 6.07) is 0. The van der Waals surface area contributed by atoms with Gasteiger partial charge in [-0.2, -0.15) is 0 Å². The summed E-state index contributed by atoms with van der Waals surface area (Å²) in [6.07, 6.45) is 9.47. The Labute approximate surface area is 139 Å². The lowest BCUT2D eigenvalue weighted by atomic mass is 9.44. The van der Waals surface area contributed by atoms with Crippen molar-refractivity contribution in [2.75, 3.05) is 0 Å². The van der Waals surface area contributed by atoms with Crippen molar-refractivity contribution in [3.63, 3.8) is 0 Å². The molecule has 0 aromatic heterocycles. The minimum Gasteiger partial charge on any atom is -0.481 e. The van der Waals surface area contributed by atoms with Gasteiger partial charge in [0.25, 0.3) is 0 Å². The Morgan fingerprint density at radius 1 is 1.04 bits per heavy atom. The molecule has 0 aliphatic heterocycles. The van der Waals surface area contributed by atoms with Crippen molar-refractivity contribution in [1.29, 1.82) is 0 Å². The fourth-order valence-electron chi connectivity index (χ4n) is 7.49. The first-order valence-electron chi connectivity index (χ1n) is 9.65. The Bertz CT molecular complexity index is 541. The zero-order valence-electron chi connectivity index (χ0n) is 14.5. The molecule has 7 atom stereocenters. The fourth-order valence-corrected chi connectivity index (χ4v) is 7.49. The van der Waals surface area contributed by atoms with Crippen LogP contribution in [-0.4, -0.2) is 16.9 Å². The molecule has 3 nitrogen and oxygen atoms in total. The summed E-state index contributed by atoms with van der Waals surface area (Å²) in [4.78, 5) is 24.6. The molecule has 23 heavy (non-hydrogen) atoms. The van der Waals surface area contributed by atoms with Gasteiger partial charge in [-0.1, -0.05) is 13.8 Å². The number of Topliss-reactive ketones (excluding diaryl/α,β-unsaturated/α-hetero) is 1. The normalized spacial score (nSPS) is 52.4. The maximum Gasteiger partial charge on any atom is 0.307 e. The van der Waals surface area contributed by atoms with E-state index in [4.69, 9.17) is 0 Å². The number of carboxylic acid groups (broad SMARTS) is 1. The van der Waals surface area contributed by atoms with Gasteiger partial charge < -0.3 is 5.11 Å². The number of carboxylic acids is 1. The first-order chi connectivity index (χ1) is 10.9. The van der Waals surface area contributed by atoms with Gasteiger partial charge >= 0.3 is 5.97 Å². The van der Waals surface area contributed by atoms with Gasteiger partial charge in [-0.25, -0.2) is 0 Å². The predicted molar refractivity (Wildman–Crippen MR) is 87.9 cm³/mol. The van der Waals surface area contributed by atoms with Crippen LogP contribution in [0, 0.1) is 40.4 Å². The minimum atomic E-state index is -0.595. The molecule has 0 bridgehead atoms. The summed E-state index contributed by atoms with van der Waals surface area (Å²) < 4.78 is 0. The number of carbonyl (C=O) groups excluding carboxylic acids is 1. The summed E-state index contributed by atoms with van der Waals surface area (Å²) in [7, 11) is 0. The summed E-state index contributed by atoms with van der Waals surface area (Å²) in [5.74, 6) is 1.96. The highest BCUT2D eigenvalue weighted by Crippen LogP contribution is 2.66. The largest absolute Gasteiger partial charge is 0.481 e. The third-order valence-corrected chi connectivity index (χ3v) is 8.76. The van der Waals surface area contributed by atoms with Crippen LogP contribution in [0.15, 0.2) is 0 Å². The second kappa shape index (κ2) is 5.07. The molecule has 0 heterocycles. The Morgan fingerprint density at radius 2 is 1.83 bits per heavy atom. The first-order valence-corrected chi connectivity index (χ1v) is 9.65. The van der Waals surface area contributed by atoms with E-state index >= 15 is 0 Å². The van der Waals surface area contributed by atoms with E-state index in [2.05, 4.69) is 13.8 Å².